The van der Waals surface area contributed by atoms with E-state index < -0.39 is 0 Å². The maximum Gasteiger partial charge on any atom is 0.156 e. The lowest BCUT2D eigenvalue weighted by molar-refractivity contribution is 0.261. The standard InChI is InChI=1S/C10H14BrFN2O/c1-14(2)3-4-15-10-8(11)5-7(12)6-9(10)13/h5-6H,3-4,13H2,1-2H3. The normalized spacial score (nSPS) is 10.7. The summed E-state index contributed by atoms with van der Waals surface area (Å²) < 4.78 is 18.9. The largest absolute Gasteiger partial charge is 0.489 e. The molecule has 0 amide bonds. The summed E-state index contributed by atoms with van der Waals surface area (Å²) >= 11 is 3.21. The SMILES string of the molecule is CN(C)CCOc1c(N)cc(F)cc1Br. The molecule has 2 N–H and O–H groups in total. The molecule has 15 heavy (non-hydrogen) atoms. The van der Waals surface area contributed by atoms with E-state index >= 15 is 0 Å². The van der Waals surface area contributed by atoms with Crippen molar-refractivity contribution in [2.45, 2.75) is 0 Å². The summed E-state index contributed by atoms with van der Waals surface area (Å²) in [7, 11) is 3.90. The second kappa shape index (κ2) is 5.32. The van der Waals surface area contributed by atoms with Gasteiger partial charge < -0.3 is 15.4 Å². The molecular formula is C10H14BrFN2O. The monoisotopic (exact) mass is 276 g/mol. The van der Waals surface area contributed by atoms with Crippen LogP contribution >= 0.6 is 15.9 Å². The molecule has 1 aromatic carbocycles. The van der Waals surface area contributed by atoms with Gasteiger partial charge in [-0.25, -0.2) is 4.39 Å². The van der Waals surface area contributed by atoms with Crippen molar-refractivity contribution < 1.29 is 9.13 Å². The Kier molecular flexibility index (Phi) is 4.35. The highest BCUT2D eigenvalue weighted by Crippen LogP contribution is 2.32. The predicted octanol–water partition coefficient (Wildman–Crippen LogP) is 2.11. The van der Waals surface area contributed by atoms with Crippen LogP contribution in [0.1, 0.15) is 0 Å². The molecule has 0 radical (unpaired) electrons. The maximum absolute atomic E-state index is 12.9. The first kappa shape index (κ1) is 12.3. The number of hydrogen-bond donors (Lipinski definition) is 1. The minimum absolute atomic E-state index is 0.306. The summed E-state index contributed by atoms with van der Waals surface area (Å²) in [5, 5.41) is 0. The van der Waals surface area contributed by atoms with Crippen molar-refractivity contribution >= 4 is 21.6 Å². The topological polar surface area (TPSA) is 38.5 Å². The van der Waals surface area contributed by atoms with Gasteiger partial charge in [0, 0.05) is 12.6 Å². The molecule has 0 aliphatic heterocycles. The molecule has 0 heterocycles. The van der Waals surface area contributed by atoms with Crippen molar-refractivity contribution in [2.24, 2.45) is 0 Å². The Balaban J connectivity index is 2.68. The lowest BCUT2D eigenvalue weighted by atomic mass is 10.3. The molecule has 0 spiro atoms. The Labute approximate surface area is 97.1 Å². The number of nitrogens with zero attached hydrogens (tertiary/aromatic N) is 1. The highest BCUT2D eigenvalue weighted by molar-refractivity contribution is 9.10. The van der Waals surface area contributed by atoms with Crippen LogP contribution in [0.3, 0.4) is 0 Å². The zero-order valence-corrected chi connectivity index (χ0v) is 10.3. The van der Waals surface area contributed by atoms with Crippen molar-refractivity contribution in [3.8, 4) is 5.75 Å². The Hall–Kier alpha value is -0.810. The van der Waals surface area contributed by atoms with E-state index in [-0.39, 0.29) is 5.82 Å². The van der Waals surface area contributed by atoms with E-state index in [9.17, 15) is 4.39 Å². The Bertz CT molecular complexity index is 321. The van der Waals surface area contributed by atoms with Crippen molar-refractivity contribution in [1.29, 1.82) is 0 Å². The van der Waals surface area contributed by atoms with Crippen LogP contribution in [0.2, 0.25) is 0 Å². The van der Waals surface area contributed by atoms with E-state index in [1.165, 1.54) is 12.1 Å². The zero-order valence-electron chi connectivity index (χ0n) is 8.76. The molecule has 0 saturated carbocycles. The minimum atomic E-state index is -0.376. The first-order valence-corrected chi connectivity index (χ1v) is 5.32. The molecular weight excluding hydrogens is 263 g/mol. The number of likely N-dealkylation sites (N-methyl/N-ethyl adjacent to an activating group) is 1. The van der Waals surface area contributed by atoms with Crippen LogP contribution in [0.25, 0.3) is 0 Å². The fraction of sp³-hybridized carbons (Fsp3) is 0.400. The number of hydrogen-bond acceptors (Lipinski definition) is 3. The zero-order chi connectivity index (χ0) is 11.4. The van der Waals surface area contributed by atoms with Crippen molar-refractivity contribution in [3.63, 3.8) is 0 Å². The number of anilines is 1. The fourth-order valence-corrected chi connectivity index (χ4v) is 1.62. The van der Waals surface area contributed by atoms with Crippen LogP contribution in [0.15, 0.2) is 16.6 Å². The van der Waals surface area contributed by atoms with Gasteiger partial charge in [-0.1, -0.05) is 0 Å². The van der Waals surface area contributed by atoms with E-state index in [4.69, 9.17) is 10.5 Å². The average Bonchev–Trinajstić information content (AvgIpc) is 2.08. The van der Waals surface area contributed by atoms with E-state index in [0.29, 0.717) is 22.5 Å². The summed E-state index contributed by atoms with van der Waals surface area (Å²) in [6.45, 7) is 1.30. The van der Waals surface area contributed by atoms with Crippen LogP contribution in [-0.2, 0) is 0 Å². The Morgan fingerprint density at radius 1 is 1.47 bits per heavy atom. The first-order valence-electron chi connectivity index (χ1n) is 4.52. The van der Waals surface area contributed by atoms with Gasteiger partial charge >= 0.3 is 0 Å². The highest BCUT2D eigenvalue weighted by atomic mass is 79.9. The minimum Gasteiger partial charge on any atom is -0.489 e. The molecule has 3 nitrogen and oxygen atoms in total. The van der Waals surface area contributed by atoms with Gasteiger partial charge in [0.25, 0.3) is 0 Å². The quantitative estimate of drug-likeness (QED) is 0.857. The summed E-state index contributed by atoms with van der Waals surface area (Å²) in [6.07, 6.45) is 0. The van der Waals surface area contributed by atoms with Crippen LogP contribution in [0, 0.1) is 5.82 Å². The molecule has 0 saturated heterocycles. The lowest BCUT2D eigenvalue weighted by Gasteiger charge is -2.13. The van der Waals surface area contributed by atoms with Gasteiger partial charge in [0.15, 0.2) is 5.75 Å². The van der Waals surface area contributed by atoms with E-state index in [1.54, 1.807) is 0 Å². The molecule has 0 fully saturated rings. The summed E-state index contributed by atoms with van der Waals surface area (Å²) in [6, 6.07) is 2.58. The van der Waals surface area contributed by atoms with E-state index in [2.05, 4.69) is 15.9 Å². The van der Waals surface area contributed by atoms with E-state index in [0.717, 1.165) is 6.54 Å². The molecule has 84 valence electrons. The molecule has 0 unspecified atom stereocenters. The maximum atomic E-state index is 12.9. The van der Waals surface area contributed by atoms with Crippen molar-refractivity contribution in [1.82, 2.24) is 4.90 Å². The van der Waals surface area contributed by atoms with Crippen LogP contribution in [0.5, 0.6) is 5.75 Å². The van der Waals surface area contributed by atoms with Gasteiger partial charge in [-0.3, -0.25) is 0 Å². The van der Waals surface area contributed by atoms with Crippen LogP contribution < -0.4 is 10.5 Å². The number of nitrogens with two attached hydrogens (primary N) is 1. The Morgan fingerprint density at radius 3 is 2.67 bits per heavy atom. The molecule has 0 bridgehead atoms. The second-order valence-electron chi connectivity index (χ2n) is 3.46. The van der Waals surface area contributed by atoms with Gasteiger partial charge in [0.2, 0.25) is 0 Å². The number of ether oxygens (including phenoxy) is 1. The van der Waals surface area contributed by atoms with Crippen LogP contribution in [0.4, 0.5) is 10.1 Å². The third-order valence-corrected chi connectivity index (χ3v) is 2.41. The summed E-state index contributed by atoms with van der Waals surface area (Å²) in [4.78, 5) is 1.99. The van der Waals surface area contributed by atoms with Gasteiger partial charge in [-0.15, -0.1) is 0 Å². The van der Waals surface area contributed by atoms with Gasteiger partial charge in [0.1, 0.15) is 12.4 Å². The smallest absolute Gasteiger partial charge is 0.156 e. The summed E-state index contributed by atoms with van der Waals surface area (Å²) in [5.74, 6) is 0.123. The number of rotatable bonds is 4. The second-order valence-corrected chi connectivity index (χ2v) is 4.31. The molecule has 0 aromatic heterocycles. The number of nitrogen functional groups attached to an aromatic ring is 1. The van der Waals surface area contributed by atoms with Gasteiger partial charge in [0.05, 0.1) is 10.2 Å². The number of benzene rings is 1. The third kappa shape index (κ3) is 3.68. The van der Waals surface area contributed by atoms with Gasteiger partial charge in [-0.05, 0) is 36.1 Å². The molecule has 0 aliphatic rings. The van der Waals surface area contributed by atoms with Crippen LogP contribution in [-0.4, -0.2) is 32.1 Å². The molecule has 5 heteroatoms. The molecule has 0 aliphatic carbocycles. The number of halogens is 2. The van der Waals surface area contributed by atoms with E-state index in [1.807, 2.05) is 19.0 Å². The summed E-state index contributed by atoms with van der Waals surface area (Å²) in [5.41, 5.74) is 5.94. The average molecular weight is 277 g/mol. The van der Waals surface area contributed by atoms with Crippen molar-refractivity contribution in [2.75, 3.05) is 33.0 Å². The molecule has 1 rings (SSSR count). The molecule has 0 atom stereocenters. The fourth-order valence-electron chi connectivity index (χ4n) is 1.06. The lowest BCUT2D eigenvalue weighted by Crippen LogP contribution is -2.19. The Morgan fingerprint density at radius 2 is 2.13 bits per heavy atom. The predicted molar refractivity (Wildman–Crippen MR) is 62.6 cm³/mol. The molecule has 1 aromatic rings. The third-order valence-electron chi connectivity index (χ3n) is 1.82. The first-order chi connectivity index (χ1) is 7.00. The van der Waals surface area contributed by atoms with Gasteiger partial charge in [-0.2, -0.15) is 0 Å². The highest BCUT2D eigenvalue weighted by Gasteiger charge is 2.08. The van der Waals surface area contributed by atoms with Crippen molar-refractivity contribution in [3.05, 3.63) is 22.4 Å².